The van der Waals surface area contributed by atoms with E-state index in [1.54, 1.807) is 47.1 Å². The van der Waals surface area contributed by atoms with Gasteiger partial charge in [0.1, 0.15) is 6.33 Å². The zero-order valence-corrected chi connectivity index (χ0v) is 14.5. The van der Waals surface area contributed by atoms with Gasteiger partial charge < -0.3 is 0 Å². The minimum atomic E-state index is -0.319. The van der Waals surface area contributed by atoms with Gasteiger partial charge in [0.05, 0.1) is 6.54 Å². The van der Waals surface area contributed by atoms with Crippen LogP contribution in [0.1, 0.15) is 15.9 Å². The smallest absolute Gasteiger partial charge is 0.258 e. The first-order valence-electron chi connectivity index (χ1n) is 6.92. The molecular formula is C16H11Cl3N4O. The number of carbonyl (C=O) groups is 1. The molecular weight excluding hydrogens is 371 g/mol. The summed E-state index contributed by atoms with van der Waals surface area (Å²) in [4.78, 5) is 16.2. The van der Waals surface area contributed by atoms with Gasteiger partial charge in [-0.25, -0.2) is 9.67 Å². The normalized spacial score (nSPS) is 10.6. The molecule has 0 spiro atoms. The van der Waals surface area contributed by atoms with Gasteiger partial charge in [-0.15, -0.1) is 5.10 Å². The van der Waals surface area contributed by atoms with Gasteiger partial charge in [-0.2, -0.15) is 0 Å². The highest BCUT2D eigenvalue weighted by molar-refractivity contribution is 6.36. The molecule has 0 saturated carbocycles. The van der Waals surface area contributed by atoms with Gasteiger partial charge in [-0.3, -0.25) is 10.1 Å². The highest BCUT2D eigenvalue weighted by Gasteiger charge is 2.11. The standard InChI is InChI=1S/C16H11Cl3N4O/c17-11-6-4-10(5-7-11)15(24)21-16-20-9-23(22-16)8-12-13(18)2-1-3-14(12)19/h1-7,9H,8H2,(H,21,22,24). The van der Waals surface area contributed by atoms with Crippen LogP contribution in [0.4, 0.5) is 5.95 Å². The molecule has 0 aliphatic heterocycles. The number of hydrogen-bond donors (Lipinski definition) is 1. The number of nitrogens with one attached hydrogen (secondary N) is 1. The van der Waals surface area contributed by atoms with Crippen molar-refractivity contribution >= 4 is 46.7 Å². The molecule has 3 aromatic rings. The number of benzene rings is 2. The highest BCUT2D eigenvalue weighted by Crippen LogP contribution is 2.24. The van der Waals surface area contributed by atoms with Crippen molar-refractivity contribution in [2.75, 3.05) is 5.32 Å². The van der Waals surface area contributed by atoms with E-state index >= 15 is 0 Å². The van der Waals surface area contributed by atoms with Gasteiger partial charge in [0, 0.05) is 26.2 Å². The molecule has 8 heteroatoms. The Kier molecular flexibility index (Phi) is 5.04. The lowest BCUT2D eigenvalue weighted by Crippen LogP contribution is -2.13. The molecule has 0 atom stereocenters. The minimum absolute atomic E-state index is 0.193. The SMILES string of the molecule is O=C(Nc1ncn(Cc2c(Cl)cccc2Cl)n1)c1ccc(Cl)cc1. The second-order valence-electron chi connectivity index (χ2n) is 4.93. The Labute approximate surface area is 153 Å². The lowest BCUT2D eigenvalue weighted by molar-refractivity contribution is 0.102. The molecule has 1 amide bonds. The summed E-state index contributed by atoms with van der Waals surface area (Å²) in [6.07, 6.45) is 1.50. The maximum Gasteiger partial charge on any atom is 0.258 e. The Hall–Kier alpha value is -2.08. The van der Waals surface area contributed by atoms with Crippen molar-refractivity contribution in [1.29, 1.82) is 0 Å². The molecule has 0 aliphatic carbocycles. The number of hydrogen-bond acceptors (Lipinski definition) is 3. The van der Waals surface area contributed by atoms with Crippen LogP contribution in [0.5, 0.6) is 0 Å². The van der Waals surface area contributed by atoms with E-state index in [0.717, 1.165) is 5.56 Å². The zero-order chi connectivity index (χ0) is 17.1. The molecule has 1 heterocycles. The number of halogens is 3. The third kappa shape index (κ3) is 3.87. The molecule has 1 N–H and O–H groups in total. The molecule has 2 aromatic carbocycles. The molecule has 122 valence electrons. The Bertz CT molecular complexity index is 857. The average molecular weight is 382 g/mol. The lowest BCUT2D eigenvalue weighted by atomic mass is 10.2. The minimum Gasteiger partial charge on any atom is -0.289 e. The fraction of sp³-hybridized carbons (Fsp3) is 0.0625. The summed E-state index contributed by atoms with van der Waals surface area (Å²) in [6, 6.07) is 11.8. The van der Waals surface area contributed by atoms with Gasteiger partial charge in [0.2, 0.25) is 5.95 Å². The monoisotopic (exact) mass is 380 g/mol. The summed E-state index contributed by atoms with van der Waals surface area (Å²) >= 11 is 18.1. The predicted octanol–water partition coefficient (Wildman–Crippen LogP) is 4.54. The number of nitrogens with zero attached hydrogens (tertiary/aromatic N) is 3. The second kappa shape index (κ2) is 7.21. The van der Waals surface area contributed by atoms with E-state index in [2.05, 4.69) is 15.4 Å². The third-order valence-corrected chi connectivity index (χ3v) is 4.21. The van der Waals surface area contributed by atoms with Crippen LogP contribution >= 0.6 is 34.8 Å². The first kappa shape index (κ1) is 16.8. The molecule has 0 unspecified atom stereocenters. The Balaban J connectivity index is 1.71. The van der Waals surface area contributed by atoms with Crippen LogP contribution in [0.25, 0.3) is 0 Å². The number of anilines is 1. The van der Waals surface area contributed by atoms with E-state index in [1.165, 1.54) is 6.33 Å². The van der Waals surface area contributed by atoms with Crippen LogP contribution in [-0.4, -0.2) is 20.7 Å². The van der Waals surface area contributed by atoms with Crippen LogP contribution < -0.4 is 5.32 Å². The quantitative estimate of drug-likeness (QED) is 0.722. The summed E-state index contributed by atoms with van der Waals surface area (Å²) < 4.78 is 1.55. The first-order chi connectivity index (χ1) is 11.5. The molecule has 0 radical (unpaired) electrons. The predicted molar refractivity (Wildman–Crippen MR) is 95.0 cm³/mol. The van der Waals surface area contributed by atoms with Gasteiger partial charge in [-0.05, 0) is 36.4 Å². The molecule has 24 heavy (non-hydrogen) atoms. The van der Waals surface area contributed by atoms with E-state index in [4.69, 9.17) is 34.8 Å². The second-order valence-corrected chi connectivity index (χ2v) is 6.18. The van der Waals surface area contributed by atoms with E-state index in [9.17, 15) is 4.79 Å². The van der Waals surface area contributed by atoms with Crippen molar-refractivity contribution in [2.45, 2.75) is 6.54 Å². The largest absolute Gasteiger partial charge is 0.289 e. The van der Waals surface area contributed by atoms with Gasteiger partial charge in [0.25, 0.3) is 5.91 Å². The fourth-order valence-corrected chi connectivity index (χ4v) is 2.69. The molecule has 3 rings (SSSR count). The molecule has 0 fully saturated rings. The molecule has 0 bridgehead atoms. The highest BCUT2D eigenvalue weighted by atomic mass is 35.5. The van der Waals surface area contributed by atoms with Crippen molar-refractivity contribution in [2.24, 2.45) is 0 Å². The maximum absolute atomic E-state index is 12.1. The maximum atomic E-state index is 12.1. The number of rotatable bonds is 4. The summed E-state index contributed by atoms with van der Waals surface area (Å²) in [5.74, 6) is -0.127. The molecule has 5 nitrogen and oxygen atoms in total. The number of amides is 1. The Morgan fingerprint density at radius 2 is 1.71 bits per heavy atom. The third-order valence-electron chi connectivity index (χ3n) is 3.25. The van der Waals surface area contributed by atoms with Crippen LogP contribution in [-0.2, 0) is 6.54 Å². The van der Waals surface area contributed by atoms with Crippen LogP contribution in [0.2, 0.25) is 15.1 Å². The van der Waals surface area contributed by atoms with E-state index in [-0.39, 0.29) is 11.9 Å². The summed E-state index contributed by atoms with van der Waals surface area (Å²) in [5.41, 5.74) is 1.20. The van der Waals surface area contributed by atoms with Crippen LogP contribution in [0.3, 0.4) is 0 Å². The lowest BCUT2D eigenvalue weighted by Gasteiger charge is -2.06. The summed E-state index contributed by atoms with van der Waals surface area (Å²) in [7, 11) is 0. The van der Waals surface area contributed by atoms with Crippen LogP contribution in [0, 0.1) is 0 Å². The van der Waals surface area contributed by atoms with Gasteiger partial charge >= 0.3 is 0 Å². The van der Waals surface area contributed by atoms with Crippen LogP contribution in [0.15, 0.2) is 48.8 Å². The van der Waals surface area contributed by atoms with Crippen molar-refractivity contribution in [3.8, 4) is 0 Å². The van der Waals surface area contributed by atoms with Crippen molar-refractivity contribution in [3.63, 3.8) is 0 Å². The molecule has 1 aromatic heterocycles. The van der Waals surface area contributed by atoms with Crippen molar-refractivity contribution in [3.05, 3.63) is 75.0 Å². The van der Waals surface area contributed by atoms with Gasteiger partial charge in [0.15, 0.2) is 0 Å². The summed E-state index contributed by atoms with van der Waals surface area (Å²) in [6.45, 7) is 0.350. The topological polar surface area (TPSA) is 59.8 Å². The fourth-order valence-electron chi connectivity index (χ4n) is 2.05. The van der Waals surface area contributed by atoms with Crippen molar-refractivity contribution in [1.82, 2.24) is 14.8 Å². The number of aromatic nitrogens is 3. The first-order valence-corrected chi connectivity index (χ1v) is 8.05. The van der Waals surface area contributed by atoms with Crippen molar-refractivity contribution < 1.29 is 4.79 Å². The average Bonchev–Trinajstić information content (AvgIpc) is 2.99. The molecule has 0 saturated heterocycles. The Morgan fingerprint density at radius 3 is 2.38 bits per heavy atom. The zero-order valence-electron chi connectivity index (χ0n) is 12.2. The number of carbonyl (C=O) groups excluding carboxylic acids is 1. The summed E-state index contributed by atoms with van der Waals surface area (Å²) in [5, 5.41) is 8.48. The van der Waals surface area contributed by atoms with E-state index < -0.39 is 0 Å². The Morgan fingerprint density at radius 1 is 1.04 bits per heavy atom. The molecule has 0 aliphatic rings. The van der Waals surface area contributed by atoms with E-state index in [1.807, 2.05) is 0 Å². The van der Waals surface area contributed by atoms with Gasteiger partial charge in [-0.1, -0.05) is 40.9 Å². The van der Waals surface area contributed by atoms with E-state index in [0.29, 0.717) is 27.2 Å².